The number of benzene rings is 2. The Kier molecular flexibility index (Phi) is 9.38. The van der Waals surface area contributed by atoms with Gasteiger partial charge in [-0.3, -0.25) is 4.79 Å². The lowest BCUT2D eigenvalue weighted by Crippen LogP contribution is -2.37. The Labute approximate surface area is 184 Å². The van der Waals surface area contributed by atoms with Crippen molar-refractivity contribution in [3.63, 3.8) is 0 Å². The molecule has 0 aliphatic rings. The van der Waals surface area contributed by atoms with Crippen LogP contribution in [-0.4, -0.2) is 57.2 Å². The van der Waals surface area contributed by atoms with E-state index in [2.05, 4.69) is 5.32 Å². The molecule has 0 aliphatic carbocycles. The molecule has 10 nitrogen and oxygen atoms in total. The summed E-state index contributed by atoms with van der Waals surface area (Å²) in [5.74, 6) is 1.12. The molecule has 2 amide bonds. The number of hydrogen-bond donors (Lipinski definition) is 3. The van der Waals surface area contributed by atoms with Crippen LogP contribution in [0, 0.1) is 0 Å². The zero-order chi connectivity index (χ0) is 23.3. The molecule has 0 aliphatic heterocycles. The smallest absolute Gasteiger partial charge is 0.497 e. The fourth-order valence-electron chi connectivity index (χ4n) is 2.43. The molecular weight excluding hydrogens is 420 g/mol. The number of carbonyl (C=O) groups excluding carboxylic acids is 2. The van der Waals surface area contributed by atoms with Crippen LogP contribution in [0.15, 0.2) is 42.5 Å². The minimum atomic E-state index is -1.30. The van der Waals surface area contributed by atoms with E-state index < -0.39 is 18.2 Å². The maximum atomic E-state index is 11.7. The second kappa shape index (κ2) is 12.5. The minimum Gasteiger partial charge on any atom is -0.497 e. The van der Waals surface area contributed by atoms with Gasteiger partial charge in [0.25, 0.3) is 0 Å². The number of rotatable bonds is 10. The number of nitrogens with one attached hydrogen (secondary N) is 2. The first-order chi connectivity index (χ1) is 15.4. The van der Waals surface area contributed by atoms with E-state index >= 15 is 0 Å². The highest BCUT2D eigenvalue weighted by Crippen LogP contribution is 2.24. The monoisotopic (exact) mass is 444 g/mol. The fraction of sp³-hybridized carbons (Fsp3) is 0.227. The Bertz CT molecular complexity index is 935. The van der Waals surface area contributed by atoms with Crippen LogP contribution in [0.5, 0.6) is 17.2 Å². The molecule has 0 bridgehead atoms. The molecule has 0 atom stereocenters. The highest BCUT2D eigenvalue weighted by atomic mass is 16.7. The molecule has 0 saturated carbocycles. The summed E-state index contributed by atoms with van der Waals surface area (Å²) in [6.07, 6.45) is 1.56. The van der Waals surface area contributed by atoms with Gasteiger partial charge in [-0.2, -0.15) is 0 Å². The van der Waals surface area contributed by atoms with Crippen molar-refractivity contribution in [3.05, 3.63) is 53.6 Å². The van der Waals surface area contributed by atoms with E-state index in [1.165, 1.54) is 0 Å². The van der Waals surface area contributed by atoms with Crippen molar-refractivity contribution >= 4 is 30.3 Å². The molecule has 170 valence electrons. The lowest BCUT2D eigenvalue weighted by Gasteiger charge is -2.07. The van der Waals surface area contributed by atoms with Gasteiger partial charge in [-0.15, -0.1) is 0 Å². The Morgan fingerprint density at radius 2 is 1.50 bits per heavy atom. The van der Waals surface area contributed by atoms with E-state index in [0.29, 0.717) is 17.2 Å². The first-order valence-electron chi connectivity index (χ1n) is 9.49. The van der Waals surface area contributed by atoms with Crippen molar-refractivity contribution in [3.8, 4) is 17.2 Å². The maximum absolute atomic E-state index is 11.7. The van der Waals surface area contributed by atoms with Crippen molar-refractivity contribution < 1.29 is 38.4 Å². The van der Waals surface area contributed by atoms with Crippen LogP contribution in [-0.2, 0) is 9.53 Å². The number of carboxylic acid groups (broad SMARTS) is 1. The Morgan fingerprint density at radius 3 is 2.09 bits per heavy atom. The summed E-state index contributed by atoms with van der Waals surface area (Å²) in [4.78, 5) is 33.3. The lowest BCUT2D eigenvalue weighted by molar-refractivity contribution is -0.120. The largest absolute Gasteiger partial charge is 0.513 e. The first-order valence-corrected chi connectivity index (χ1v) is 9.49. The first kappa shape index (κ1) is 24.1. The van der Waals surface area contributed by atoms with Crippen molar-refractivity contribution in [2.75, 3.05) is 33.9 Å². The SMILES string of the molecule is COc1cc(/C=C/c2ccc(OC(=O)OCCNC(=O)CNC(=O)O)cc2)cc(OC)c1. The van der Waals surface area contributed by atoms with Gasteiger partial charge in [0.2, 0.25) is 5.91 Å². The average Bonchev–Trinajstić information content (AvgIpc) is 2.79. The van der Waals surface area contributed by atoms with Gasteiger partial charge in [0, 0.05) is 6.07 Å². The van der Waals surface area contributed by atoms with Gasteiger partial charge < -0.3 is 34.7 Å². The molecule has 0 aromatic heterocycles. The lowest BCUT2D eigenvalue weighted by atomic mass is 10.1. The predicted molar refractivity (Wildman–Crippen MR) is 116 cm³/mol. The Balaban J connectivity index is 1.79. The number of ether oxygens (including phenoxy) is 4. The summed E-state index contributed by atoms with van der Waals surface area (Å²) in [5, 5.41) is 12.7. The van der Waals surface area contributed by atoms with Gasteiger partial charge in [-0.1, -0.05) is 24.3 Å². The van der Waals surface area contributed by atoms with E-state index in [0.717, 1.165) is 11.1 Å². The molecule has 0 spiro atoms. The third kappa shape index (κ3) is 8.66. The van der Waals surface area contributed by atoms with Crippen molar-refractivity contribution in [1.29, 1.82) is 0 Å². The van der Waals surface area contributed by atoms with Crippen LogP contribution in [0.1, 0.15) is 11.1 Å². The summed E-state index contributed by atoms with van der Waals surface area (Å²) < 4.78 is 20.4. The minimum absolute atomic E-state index is 0.0218. The molecule has 2 aromatic rings. The fourth-order valence-corrected chi connectivity index (χ4v) is 2.43. The van der Waals surface area contributed by atoms with Crippen LogP contribution in [0.3, 0.4) is 0 Å². The van der Waals surface area contributed by atoms with Crippen molar-refractivity contribution in [1.82, 2.24) is 10.6 Å². The summed E-state index contributed by atoms with van der Waals surface area (Å²) in [6, 6.07) is 12.3. The average molecular weight is 444 g/mol. The predicted octanol–water partition coefficient (Wildman–Crippen LogP) is 2.77. The van der Waals surface area contributed by atoms with Crippen LogP contribution >= 0.6 is 0 Å². The van der Waals surface area contributed by atoms with E-state index in [-0.39, 0.29) is 19.7 Å². The molecule has 32 heavy (non-hydrogen) atoms. The molecule has 0 heterocycles. The topological polar surface area (TPSA) is 132 Å². The number of hydrogen-bond acceptors (Lipinski definition) is 7. The van der Waals surface area contributed by atoms with Gasteiger partial charge >= 0.3 is 12.2 Å². The number of amides is 2. The second-order valence-corrected chi connectivity index (χ2v) is 6.26. The Morgan fingerprint density at radius 1 is 0.875 bits per heavy atom. The van der Waals surface area contributed by atoms with Gasteiger partial charge in [0.05, 0.1) is 27.3 Å². The van der Waals surface area contributed by atoms with Crippen molar-refractivity contribution in [2.45, 2.75) is 0 Å². The van der Waals surface area contributed by atoms with E-state index in [9.17, 15) is 14.4 Å². The quantitative estimate of drug-likeness (QED) is 0.221. The maximum Gasteiger partial charge on any atom is 0.513 e. The summed E-state index contributed by atoms with van der Waals surface area (Å²) >= 11 is 0. The number of methoxy groups -OCH3 is 2. The molecule has 2 aromatic carbocycles. The molecule has 0 unspecified atom stereocenters. The zero-order valence-corrected chi connectivity index (χ0v) is 17.6. The molecule has 2 rings (SSSR count). The summed E-state index contributed by atoms with van der Waals surface area (Å²) in [7, 11) is 3.17. The standard InChI is InChI=1S/C22H24N2O8/c1-29-18-11-16(12-19(13-18)30-2)4-3-15-5-7-17(8-6-15)32-22(28)31-10-9-23-20(25)14-24-21(26)27/h3-8,11-13,24H,9-10,14H2,1-2H3,(H,23,25)(H,26,27)/b4-3+. The summed E-state index contributed by atoms with van der Waals surface area (Å²) in [5.41, 5.74) is 1.78. The van der Waals surface area contributed by atoms with Crippen molar-refractivity contribution in [2.24, 2.45) is 0 Å². The molecule has 0 radical (unpaired) electrons. The molecular formula is C22H24N2O8. The third-order valence-electron chi connectivity index (χ3n) is 3.97. The van der Waals surface area contributed by atoms with Gasteiger partial charge in [-0.25, -0.2) is 9.59 Å². The molecule has 0 saturated heterocycles. The molecule has 0 fully saturated rings. The van der Waals surface area contributed by atoms with Crippen LogP contribution < -0.4 is 24.8 Å². The highest BCUT2D eigenvalue weighted by molar-refractivity contribution is 5.81. The Hall–Kier alpha value is -4.21. The third-order valence-corrected chi connectivity index (χ3v) is 3.97. The molecule has 3 N–H and O–H groups in total. The van der Waals surface area contributed by atoms with E-state index in [1.807, 2.05) is 29.6 Å². The number of carbonyl (C=O) groups is 3. The van der Waals surface area contributed by atoms with Crippen LogP contribution in [0.4, 0.5) is 9.59 Å². The van der Waals surface area contributed by atoms with Gasteiger partial charge in [0.1, 0.15) is 23.9 Å². The van der Waals surface area contributed by atoms with E-state index in [1.54, 1.807) is 44.6 Å². The highest BCUT2D eigenvalue weighted by Gasteiger charge is 2.07. The summed E-state index contributed by atoms with van der Waals surface area (Å²) in [6.45, 7) is -0.484. The normalized spacial score (nSPS) is 10.3. The second-order valence-electron chi connectivity index (χ2n) is 6.26. The van der Waals surface area contributed by atoms with Gasteiger partial charge in [-0.05, 0) is 35.4 Å². The van der Waals surface area contributed by atoms with Crippen LogP contribution in [0.2, 0.25) is 0 Å². The molecule has 10 heteroatoms. The zero-order valence-electron chi connectivity index (χ0n) is 17.6. The van der Waals surface area contributed by atoms with E-state index in [4.69, 9.17) is 24.1 Å². The van der Waals surface area contributed by atoms with Crippen LogP contribution in [0.25, 0.3) is 12.2 Å². The van der Waals surface area contributed by atoms with Gasteiger partial charge in [0.15, 0.2) is 0 Å².